The molecule has 1 aromatic carbocycles. The topological polar surface area (TPSA) is 67.4 Å². The summed E-state index contributed by atoms with van der Waals surface area (Å²) in [6, 6.07) is 3.33. The van der Waals surface area contributed by atoms with Crippen molar-refractivity contribution in [2.75, 3.05) is 13.7 Å². The van der Waals surface area contributed by atoms with Crippen molar-refractivity contribution in [3.63, 3.8) is 0 Å². The van der Waals surface area contributed by atoms with Crippen LogP contribution in [0, 0.1) is 6.92 Å². The Hall–Kier alpha value is -0.340. The van der Waals surface area contributed by atoms with E-state index in [2.05, 4.69) is 26.0 Å². The monoisotopic (exact) mass is 412 g/mol. The van der Waals surface area contributed by atoms with Gasteiger partial charge in [-0.15, -0.1) is 12.4 Å². The Morgan fingerprint density at radius 2 is 2.09 bits per heavy atom. The maximum Gasteiger partial charge on any atom is 0.244 e. The third-order valence-electron chi connectivity index (χ3n) is 3.80. The summed E-state index contributed by atoms with van der Waals surface area (Å²) in [4.78, 5) is 0.167. The minimum atomic E-state index is -3.62. The van der Waals surface area contributed by atoms with Crippen molar-refractivity contribution < 1.29 is 13.2 Å². The fourth-order valence-electron chi connectivity index (χ4n) is 2.47. The van der Waals surface area contributed by atoms with Gasteiger partial charge in [-0.1, -0.05) is 15.9 Å². The third kappa shape index (κ3) is 4.35. The maximum atomic E-state index is 12.6. The van der Waals surface area contributed by atoms with Crippen LogP contribution in [0.2, 0.25) is 0 Å². The lowest BCUT2D eigenvalue weighted by Gasteiger charge is -2.30. The van der Waals surface area contributed by atoms with Crippen LogP contribution in [0.15, 0.2) is 21.5 Å². The molecular formula is C14H22BrClN2O3S. The van der Waals surface area contributed by atoms with Crippen LogP contribution in [0.25, 0.3) is 0 Å². The Morgan fingerprint density at radius 1 is 1.41 bits per heavy atom. The second-order valence-electron chi connectivity index (χ2n) is 5.37. The second kappa shape index (κ2) is 7.97. The highest BCUT2D eigenvalue weighted by Crippen LogP contribution is 2.30. The molecule has 1 fully saturated rings. The van der Waals surface area contributed by atoms with Crippen LogP contribution in [0.5, 0.6) is 5.75 Å². The normalized spacial score (nSPS) is 22.0. The van der Waals surface area contributed by atoms with Gasteiger partial charge in [0.15, 0.2) is 0 Å². The zero-order valence-corrected chi connectivity index (χ0v) is 16.1. The molecular weight excluding hydrogens is 392 g/mol. The maximum absolute atomic E-state index is 12.6. The van der Waals surface area contributed by atoms with E-state index in [1.165, 1.54) is 7.11 Å². The fraction of sp³-hybridized carbons (Fsp3) is 0.571. The first-order valence-electron chi connectivity index (χ1n) is 6.95. The Kier molecular flexibility index (Phi) is 7.14. The van der Waals surface area contributed by atoms with Crippen LogP contribution in [-0.2, 0) is 10.0 Å². The lowest BCUT2D eigenvalue weighted by molar-refractivity contribution is 0.347. The number of benzene rings is 1. The molecule has 2 rings (SSSR count). The van der Waals surface area contributed by atoms with E-state index >= 15 is 0 Å². The largest absolute Gasteiger partial charge is 0.495 e. The van der Waals surface area contributed by atoms with Gasteiger partial charge < -0.3 is 10.1 Å². The molecule has 2 unspecified atom stereocenters. The first-order chi connectivity index (χ1) is 9.85. The number of piperidine rings is 1. The molecule has 0 bridgehead atoms. The lowest BCUT2D eigenvalue weighted by Crippen LogP contribution is -2.51. The van der Waals surface area contributed by atoms with Gasteiger partial charge in [0, 0.05) is 16.6 Å². The average molecular weight is 414 g/mol. The Morgan fingerprint density at radius 3 is 2.68 bits per heavy atom. The lowest BCUT2D eigenvalue weighted by atomic mass is 10.0. The van der Waals surface area contributed by atoms with Crippen molar-refractivity contribution in [1.29, 1.82) is 0 Å². The number of nitrogens with one attached hydrogen (secondary N) is 2. The minimum absolute atomic E-state index is 0. The molecule has 0 aliphatic carbocycles. The molecule has 1 heterocycles. The van der Waals surface area contributed by atoms with Crippen LogP contribution in [0.3, 0.4) is 0 Å². The molecule has 2 N–H and O–H groups in total. The molecule has 1 aliphatic rings. The van der Waals surface area contributed by atoms with E-state index < -0.39 is 10.0 Å². The summed E-state index contributed by atoms with van der Waals surface area (Å²) in [5.74, 6) is 0.361. The summed E-state index contributed by atoms with van der Waals surface area (Å²) in [6.07, 6.45) is 1.80. The van der Waals surface area contributed by atoms with E-state index in [1.807, 2.05) is 13.8 Å². The summed E-state index contributed by atoms with van der Waals surface area (Å²) in [7, 11) is -2.14. The van der Waals surface area contributed by atoms with Crippen molar-refractivity contribution in [1.82, 2.24) is 10.0 Å². The van der Waals surface area contributed by atoms with Crippen molar-refractivity contribution in [2.24, 2.45) is 0 Å². The second-order valence-corrected chi connectivity index (χ2v) is 7.90. The average Bonchev–Trinajstić information content (AvgIpc) is 2.43. The molecule has 0 spiro atoms. The highest BCUT2D eigenvalue weighted by Gasteiger charge is 2.28. The molecule has 22 heavy (non-hydrogen) atoms. The number of hydrogen-bond acceptors (Lipinski definition) is 4. The van der Waals surface area contributed by atoms with Crippen LogP contribution in [0.4, 0.5) is 0 Å². The number of rotatable bonds is 4. The van der Waals surface area contributed by atoms with Crippen LogP contribution in [-0.4, -0.2) is 34.2 Å². The predicted molar refractivity (Wildman–Crippen MR) is 93.5 cm³/mol. The SMILES string of the molecule is COc1cc(C)c(Br)cc1S(=O)(=O)NC1CCCNC1C.Cl. The van der Waals surface area contributed by atoms with Crippen molar-refractivity contribution in [3.8, 4) is 5.75 Å². The summed E-state index contributed by atoms with van der Waals surface area (Å²) in [5.41, 5.74) is 0.929. The quantitative estimate of drug-likeness (QED) is 0.796. The molecule has 8 heteroatoms. The molecule has 0 amide bonds. The van der Waals surface area contributed by atoms with Crippen LogP contribution >= 0.6 is 28.3 Å². The summed E-state index contributed by atoms with van der Waals surface area (Å²) >= 11 is 3.38. The molecule has 0 saturated carbocycles. The highest BCUT2D eigenvalue weighted by atomic mass is 79.9. The van der Waals surface area contributed by atoms with Gasteiger partial charge in [0.05, 0.1) is 7.11 Å². The van der Waals surface area contributed by atoms with Gasteiger partial charge in [-0.2, -0.15) is 0 Å². The first kappa shape index (κ1) is 19.7. The predicted octanol–water partition coefficient (Wildman–Crippen LogP) is 2.61. The van der Waals surface area contributed by atoms with E-state index in [1.54, 1.807) is 12.1 Å². The van der Waals surface area contributed by atoms with Crippen molar-refractivity contribution in [2.45, 2.75) is 43.7 Å². The smallest absolute Gasteiger partial charge is 0.244 e. The van der Waals surface area contributed by atoms with Gasteiger partial charge in [-0.25, -0.2) is 13.1 Å². The van der Waals surface area contributed by atoms with Gasteiger partial charge in [0.2, 0.25) is 10.0 Å². The molecule has 1 saturated heterocycles. The Bertz CT molecular complexity index is 625. The van der Waals surface area contributed by atoms with Gasteiger partial charge in [0.25, 0.3) is 0 Å². The Labute approximate surface area is 146 Å². The molecule has 0 aromatic heterocycles. The summed E-state index contributed by atoms with van der Waals surface area (Å²) in [6.45, 7) is 4.82. The van der Waals surface area contributed by atoms with E-state index in [9.17, 15) is 8.42 Å². The fourth-order valence-corrected chi connectivity index (χ4v) is 4.50. The number of sulfonamides is 1. The summed E-state index contributed by atoms with van der Waals surface area (Å²) in [5, 5.41) is 3.29. The number of halogens is 2. The number of methoxy groups -OCH3 is 1. The zero-order valence-electron chi connectivity index (χ0n) is 12.8. The first-order valence-corrected chi connectivity index (χ1v) is 9.22. The van der Waals surface area contributed by atoms with Crippen LogP contribution < -0.4 is 14.8 Å². The van der Waals surface area contributed by atoms with Crippen molar-refractivity contribution >= 4 is 38.4 Å². The molecule has 1 aromatic rings. The van der Waals surface area contributed by atoms with Gasteiger partial charge in [-0.3, -0.25) is 0 Å². The van der Waals surface area contributed by atoms with E-state index in [0.717, 1.165) is 29.4 Å². The van der Waals surface area contributed by atoms with Gasteiger partial charge in [-0.05, 0) is 50.9 Å². The molecule has 126 valence electrons. The Balaban J connectivity index is 0.00000242. The van der Waals surface area contributed by atoms with E-state index in [-0.39, 0.29) is 29.4 Å². The van der Waals surface area contributed by atoms with E-state index in [4.69, 9.17) is 4.74 Å². The zero-order chi connectivity index (χ0) is 15.6. The molecule has 5 nitrogen and oxygen atoms in total. The van der Waals surface area contributed by atoms with Crippen LogP contribution in [0.1, 0.15) is 25.3 Å². The molecule has 2 atom stereocenters. The van der Waals surface area contributed by atoms with Gasteiger partial charge >= 0.3 is 0 Å². The number of aryl methyl sites for hydroxylation is 1. The highest BCUT2D eigenvalue weighted by molar-refractivity contribution is 9.10. The van der Waals surface area contributed by atoms with Gasteiger partial charge in [0.1, 0.15) is 10.6 Å². The standard InChI is InChI=1S/C14H21BrN2O3S.ClH/c1-9-7-13(20-3)14(8-11(9)15)21(18,19)17-12-5-4-6-16-10(12)2;/h7-8,10,12,16-17H,4-6H2,1-3H3;1H. The van der Waals surface area contributed by atoms with Crippen molar-refractivity contribution in [3.05, 3.63) is 22.2 Å². The molecule has 1 aliphatic heterocycles. The third-order valence-corrected chi connectivity index (χ3v) is 6.17. The van der Waals surface area contributed by atoms with E-state index in [0.29, 0.717) is 5.75 Å². The number of hydrogen-bond donors (Lipinski definition) is 2. The summed E-state index contributed by atoms with van der Waals surface area (Å²) < 4.78 is 34.1. The number of ether oxygens (including phenoxy) is 1. The minimum Gasteiger partial charge on any atom is -0.495 e. The molecule has 0 radical (unpaired) electrons.